The maximum atomic E-state index is 12.8. The van der Waals surface area contributed by atoms with E-state index in [9.17, 15) is 14.4 Å². The molecule has 1 saturated heterocycles. The Kier molecular flexibility index (Phi) is 7.11. The largest absolute Gasteiger partial charge is 0.493 e. The van der Waals surface area contributed by atoms with Crippen LogP contribution in [0.4, 0.5) is 10.5 Å². The minimum absolute atomic E-state index is 0.166. The van der Waals surface area contributed by atoms with Crippen molar-refractivity contribution < 1.29 is 23.9 Å². The van der Waals surface area contributed by atoms with Crippen LogP contribution in [0.5, 0.6) is 11.5 Å². The van der Waals surface area contributed by atoms with E-state index >= 15 is 0 Å². The lowest BCUT2D eigenvalue weighted by Gasteiger charge is -2.12. The van der Waals surface area contributed by atoms with Gasteiger partial charge < -0.3 is 20.1 Å². The maximum absolute atomic E-state index is 12.8. The highest BCUT2D eigenvalue weighted by Crippen LogP contribution is 2.29. The van der Waals surface area contributed by atoms with Crippen molar-refractivity contribution in [2.24, 2.45) is 0 Å². The van der Waals surface area contributed by atoms with E-state index in [2.05, 4.69) is 10.6 Å². The number of urea groups is 1. The van der Waals surface area contributed by atoms with E-state index in [1.807, 2.05) is 61.5 Å². The number of anilines is 1. The number of ether oxygens (including phenoxy) is 2. The van der Waals surface area contributed by atoms with Gasteiger partial charge in [-0.25, -0.2) is 4.79 Å². The van der Waals surface area contributed by atoms with E-state index in [1.54, 1.807) is 24.3 Å². The number of aryl methyl sites for hydroxylation is 1. The van der Waals surface area contributed by atoms with E-state index < -0.39 is 11.9 Å². The van der Waals surface area contributed by atoms with Gasteiger partial charge in [0.25, 0.3) is 11.8 Å². The van der Waals surface area contributed by atoms with Crippen molar-refractivity contribution in [1.82, 2.24) is 10.2 Å². The van der Waals surface area contributed by atoms with E-state index in [-0.39, 0.29) is 24.8 Å². The van der Waals surface area contributed by atoms with Gasteiger partial charge in [-0.05, 0) is 48.4 Å². The van der Waals surface area contributed by atoms with Gasteiger partial charge in [0.15, 0.2) is 18.1 Å². The van der Waals surface area contributed by atoms with Gasteiger partial charge in [0.2, 0.25) is 0 Å². The second-order valence-corrected chi connectivity index (χ2v) is 7.98. The molecular weight excluding hydrogens is 446 g/mol. The van der Waals surface area contributed by atoms with Crippen LogP contribution in [-0.4, -0.2) is 36.5 Å². The van der Waals surface area contributed by atoms with Crippen molar-refractivity contribution in [1.29, 1.82) is 0 Å². The highest BCUT2D eigenvalue weighted by molar-refractivity contribution is 6.13. The Bertz CT molecular complexity index is 1270. The smallest absolute Gasteiger partial charge is 0.329 e. The topological polar surface area (TPSA) is 97.0 Å². The van der Waals surface area contributed by atoms with Crippen LogP contribution in [0.3, 0.4) is 0 Å². The summed E-state index contributed by atoms with van der Waals surface area (Å²) in [5, 5.41) is 5.39. The summed E-state index contributed by atoms with van der Waals surface area (Å²) in [5.74, 6) is 0.0485. The molecule has 1 heterocycles. The normalized spacial score (nSPS) is 14.1. The number of carbonyl (C=O) groups excluding carboxylic acids is 3. The van der Waals surface area contributed by atoms with Crippen LogP contribution in [0, 0.1) is 6.92 Å². The number of benzene rings is 3. The summed E-state index contributed by atoms with van der Waals surface area (Å²) in [7, 11) is 1.48. The first-order valence-corrected chi connectivity index (χ1v) is 11.0. The number of rotatable bonds is 8. The Labute approximate surface area is 203 Å². The van der Waals surface area contributed by atoms with Crippen LogP contribution in [0.1, 0.15) is 16.7 Å². The third kappa shape index (κ3) is 5.86. The van der Waals surface area contributed by atoms with E-state index in [4.69, 9.17) is 9.47 Å². The molecule has 0 saturated carbocycles. The summed E-state index contributed by atoms with van der Waals surface area (Å²) in [6.07, 6.45) is 1.57. The first-order chi connectivity index (χ1) is 16.9. The molecule has 0 atom stereocenters. The molecule has 4 rings (SSSR count). The molecule has 2 N–H and O–H groups in total. The van der Waals surface area contributed by atoms with Crippen molar-refractivity contribution in [3.63, 3.8) is 0 Å². The van der Waals surface area contributed by atoms with Crippen molar-refractivity contribution in [2.75, 3.05) is 19.0 Å². The molecule has 1 fully saturated rings. The van der Waals surface area contributed by atoms with Crippen LogP contribution in [0.2, 0.25) is 0 Å². The number of methoxy groups -OCH3 is 1. The van der Waals surface area contributed by atoms with Gasteiger partial charge in [0, 0.05) is 5.69 Å². The fraction of sp³-hybridized carbons (Fsp3) is 0.148. The number of nitrogens with zero attached hydrogens (tertiary/aromatic N) is 1. The van der Waals surface area contributed by atoms with E-state index in [0.29, 0.717) is 22.7 Å². The number of imide groups is 1. The first kappa shape index (κ1) is 23.6. The second-order valence-electron chi connectivity index (χ2n) is 7.98. The lowest BCUT2D eigenvalue weighted by Crippen LogP contribution is -2.30. The molecule has 35 heavy (non-hydrogen) atoms. The summed E-state index contributed by atoms with van der Waals surface area (Å²) in [6, 6.07) is 21.3. The Hall–Kier alpha value is -4.59. The fourth-order valence-corrected chi connectivity index (χ4v) is 3.52. The molecule has 0 aromatic heterocycles. The molecule has 3 aromatic carbocycles. The van der Waals surface area contributed by atoms with Crippen LogP contribution < -0.4 is 20.1 Å². The number of hydrogen-bond donors (Lipinski definition) is 2. The lowest BCUT2D eigenvalue weighted by atomic mass is 10.1. The minimum atomic E-state index is -0.475. The Morgan fingerprint density at radius 3 is 2.46 bits per heavy atom. The molecular formula is C27H25N3O5. The van der Waals surface area contributed by atoms with Gasteiger partial charge in [-0.3, -0.25) is 14.5 Å². The van der Waals surface area contributed by atoms with E-state index in [0.717, 1.165) is 16.0 Å². The Morgan fingerprint density at radius 2 is 1.74 bits per heavy atom. The molecule has 178 valence electrons. The lowest BCUT2D eigenvalue weighted by molar-refractivity contribution is -0.123. The maximum Gasteiger partial charge on any atom is 0.329 e. The molecule has 0 aliphatic carbocycles. The summed E-state index contributed by atoms with van der Waals surface area (Å²) in [6.45, 7) is 1.95. The highest BCUT2D eigenvalue weighted by atomic mass is 16.5. The van der Waals surface area contributed by atoms with Gasteiger partial charge in [-0.15, -0.1) is 0 Å². The Morgan fingerprint density at radius 1 is 1.00 bits per heavy atom. The monoisotopic (exact) mass is 471 g/mol. The molecule has 1 aliphatic heterocycles. The van der Waals surface area contributed by atoms with Crippen molar-refractivity contribution in [3.05, 3.63) is 95.2 Å². The first-order valence-electron chi connectivity index (χ1n) is 11.0. The fourth-order valence-electron chi connectivity index (χ4n) is 3.52. The van der Waals surface area contributed by atoms with Gasteiger partial charge in [0.05, 0.1) is 13.7 Å². The predicted octanol–water partition coefficient (Wildman–Crippen LogP) is 4.11. The zero-order valence-electron chi connectivity index (χ0n) is 19.4. The van der Waals surface area contributed by atoms with Crippen LogP contribution in [-0.2, 0) is 16.1 Å². The molecule has 4 amide bonds. The number of amides is 4. The SMILES string of the molecule is COc1cc(/C=C2/NC(=O)N(Cc3ccccc3)C2=O)ccc1OCC(=O)Nc1ccc(C)cc1. The molecule has 0 radical (unpaired) electrons. The second kappa shape index (κ2) is 10.6. The number of carbonyl (C=O) groups is 3. The standard InChI is InChI=1S/C27H25N3O5/c1-18-8-11-21(12-9-18)28-25(31)17-35-23-13-10-20(15-24(23)34-2)14-22-26(32)30(27(33)29-22)16-19-6-4-3-5-7-19/h3-15H,16-17H2,1-2H3,(H,28,31)(H,29,33)/b22-14+. The summed E-state index contributed by atoms with van der Waals surface area (Å²) < 4.78 is 11.0. The summed E-state index contributed by atoms with van der Waals surface area (Å²) in [5.41, 5.74) is 3.43. The third-order valence-electron chi connectivity index (χ3n) is 5.34. The average Bonchev–Trinajstić information content (AvgIpc) is 3.12. The van der Waals surface area contributed by atoms with Gasteiger partial charge in [-0.1, -0.05) is 54.1 Å². The third-order valence-corrected chi connectivity index (χ3v) is 5.34. The Balaban J connectivity index is 1.41. The van der Waals surface area contributed by atoms with E-state index in [1.165, 1.54) is 7.11 Å². The van der Waals surface area contributed by atoms with Gasteiger partial charge >= 0.3 is 6.03 Å². The van der Waals surface area contributed by atoms with Crippen LogP contribution in [0.15, 0.2) is 78.5 Å². The average molecular weight is 472 g/mol. The molecule has 3 aromatic rings. The molecule has 8 heteroatoms. The zero-order chi connectivity index (χ0) is 24.8. The van der Waals surface area contributed by atoms with Crippen LogP contribution >= 0.6 is 0 Å². The van der Waals surface area contributed by atoms with Gasteiger partial charge in [-0.2, -0.15) is 0 Å². The molecule has 0 spiro atoms. The summed E-state index contributed by atoms with van der Waals surface area (Å²) >= 11 is 0. The molecule has 8 nitrogen and oxygen atoms in total. The number of nitrogens with one attached hydrogen (secondary N) is 2. The quantitative estimate of drug-likeness (QED) is 0.381. The summed E-state index contributed by atoms with van der Waals surface area (Å²) in [4.78, 5) is 38.5. The van der Waals surface area contributed by atoms with Crippen molar-refractivity contribution in [2.45, 2.75) is 13.5 Å². The van der Waals surface area contributed by atoms with Crippen molar-refractivity contribution in [3.8, 4) is 11.5 Å². The molecule has 1 aliphatic rings. The van der Waals surface area contributed by atoms with Crippen molar-refractivity contribution >= 4 is 29.6 Å². The molecule has 0 unspecified atom stereocenters. The predicted molar refractivity (Wildman–Crippen MR) is 132 cm³/mol. The van der Waals surface area contributed by atoms with Crippen LogP contribution in [0.25, 0.3) is 6.08 Å². The highest BCUT2D eigenvalue weighted by Gasteiger charge is 2.33. The minimum Gasteiger partial charge on any atom is -0.493 e. The number of hydrogen-bond acceptors (Lipinski definition) is 5. The zero-order valence-corrected chi connectivity index (χ0v) is 19.4. The van der Waals surface area contributed by atoms with Gasteiger partial charge in [0.1, 0.15) is 5.70 Å². The molecule has 0 bridgehead atoms.